The van der Waals surface area contributed by atoms with Gasteiger partial charge in [-0.1, -0.05) is 6.07 Å². The van der Waals surface area contributed by atoms with Crippen molar-refractivity contribution in [3.05, 3.63) is 29.3 Å². The molecule has 1 aromatic carbocycles. The van der Waals surface area contributed by atoms with E-state index in [0.717, 1.165) is 12.5 Å². The van der Waals surface area contributed by atoms with Crippen LogP contribution in [0.15, 0.2) is 18.2 Å². The lowest BCUT2D eigenvalue weighted by Gasteiger charge is -2.22. The van der Waals surface area contributed by atoms with Crippen LogP contribution in [0.5, 0.6) is 0 Å². The van der Waals surface area contributed by atoms with E-state index in [4.69, 9.17) is 5.11 Å². The maximum atomic E-state index is 12.9. The zero-order chi connectivity index (χ0) is 14.9. The summed E-state index contributed by atoms with van der Waals surface area (Å²) in [6.45, 7) is 2.24. The molecule has 0 radical (unpaired) electrons. The molecule has 2 unspecified atom stereocenters. The molecule has 0 aromatic heterocycles. The van der Waals surface area contributed by atoms with E-state index in [1.807, 2.05) is 4.90 Å². The highest BCUT2D eigenvalue weighted by Crippen LogP contribution is 2.36. The Kier molecular flexibility index (Phi) is 4.25. The molecule has 0 bridgehead atoms. The van der Waals surface area contributed by atoms with Crippen LogP contribution in [0.2, 0.25) is 0 Å². The Morgan fingerprint density at radius 1 is 1.40 bits per heavy atom. The standard InChI is InChI=1S/C14H18F3NO2/c1-9(20)10-4-5-18(7-10)12-3-2-11(8-19)13(6-12)14(15,16)17/h2-3,6,9-10,19-20H,4-5,7-8H2,1H3. The Morgan fingerprint density at radius 3 is 2.60 bits per heavy atom. The van der Waals surface area contributed by atoms with Gasteiger partial charge in [0.05, 0.1) is 18.3 Å². The minimum absolute atomic E-state index is 0.0851. The number of halogens is 3. The molecule has 2 N–H and O–H groups in total. The summed E-state index contributed by atoms with van der Waals surface area (Å²) in [4.78, 5) is 1.84. The van der Waals surface area contributed by atoms with Gasteiger partial charge in [-0.05, 0) is 31.0 Å². The number of anilines is 1. The molecule has 20 heavy (non-hydrogen) atoms. The molecule has 1 heterocycles. The summed E-state index contributed by atoms with van der Waals surface area (Å²) in [5.74, 6) is 0.0851. The van der Waals surface area contributed by atoms with Crippen molar-refractivity contribution >= 4 is 5.69 Å². The van der Waals surface area contributed by atoms with Crippen molar-refractivity contribution in [1.82, 2.24) is 0 Å². The minimum Gasteiger partial charge on any atom is -0.393 e. The van der Waals surface area contributed by atoms with E-state index in [-0.39, 0.29) is 11.5 Å². The lowest BCUT2D eigenvalue weighted by molar-refractivity contribution is -0.138. The Morgan fingerprint density at radius 2 is 2.10 bits per heavy atom. The smallest absolute Gasteiger partial charge is 0.393 e. The van der Waals surface area contributed by atoms with Gasteiger partial charge in [0.15, 0.2) is 0 Å². The van der Waals surface area contributed by atoms with Gasteiger partial charge in [0, 0.05) is 24.7 Å². The average Bonchev–Trinajstić information content (AvgIpc) is 2.86. The summed E-state index contributed by atoms with van der Waals surface area (Å²) >= 11 is 0. The second-order valence-corrected chi connectivity index (χ2v) is 5.23. The van der Waals surface area contributed by atoms with Crippen molar-refractivity contribution in [1.29, 1.82) is 0 Å². The number of hydrogen-bond donors (Lipinski definition) is 2. The van der Waals surface area contributed by atoms with Gasteiger partial charge in [-0.3, -0.25) is 0 Å². The highest BCUT2D eigenvalue weighted by Gasteiger charge is 2.34. The van der Waals surface area contributed by atoms with Crippen molar-refractivity contribution in [3.8, 4) is 0 Å². The van der Waals surface area contributed by atoms with E-state index in [9.17, 15) is 18.3 Å². The highest BCUT2D eigenvalue weighted by atomic mass is 19.4. The Bertz CT molecular complexity index is 474. The van der Waals surface area contributed by atoms with Crippen molar-refractivity contribution in [2.45, 2.75) is 32.2 Å². The lowest BCUT2D eigenvalue weighted by atomic mass is 10.0. The van der Waals surface area contributed by atoms with E-state index in [1.54, 1.807) is 13.0 Å². The normalized spacial score (nSPS) is 21.3. The molecule has 1 aliphatic heterocycles. The number of nitrogens with zero attached hydrogens (tertiary/aromatic N) is 1. The van der Waals surface area contributed by atoms with Gasteiger partial charge < -0.3 is 15.1 Å². The average molecular weight is 289 g/mol. The quantitative estimate of drug-likeness (QED) is 0.898. The van der Waals surface area contributed by atoms with E-state index < -0.39 is 24.5 Å². The number of benzene rings is 1. The third kappa shape index (κ3) is 3.07. The Balaban J connectivity index is 2.26. The topological polar surface area (TPSA) is 43.7 Å². The third-order valence-electron chi connectivity index (χ3n) is 3.84. The first-order chi connectivity index (χ1) is 9.32. The maximum absolute atomic E-state index is 12.9. The molecule has 2 rings (SSSR count). The van der Waals surface area contributed by atoms with Crippen LogP contribution >= 0.6 is 0 Å². The van der Waals surface area contributed by atoms with Gasteiger partial charge in [-0.15, -0.1) is 0 Å². The van der Waals surface area contributed by atoms with Gasteiger partial charge in [-0.25, -0.2) is 0 Å². The fraction of sp³-hybridized carbons (Fsp3) is 0.571. The van der Waals surface area contributed by atoms with Crippen LogP contribution < -0.4 is 4.90 Å². The molecule has 112 valence electrons. The SMILES string of the molecule is CC(O)C1CCN(c2ccc(CO)c(C(F)(F)F)c2)C1. The predicted octanol–water partition coefficient (Wildman–Crippen LogP) is 2.40. The highest BCUT2D eigenvalue weighted by molar-refractivity contribution is 5.52. The van der Waals surface area contributed by atoms with Gasteiger partial charge >= 0.3 is 6.18 Å². The molecular weight excluding hydrogens is 271 g/mol. The minimum atomic E-state index is -4.47. The van der Waals surface area contributed by atoms with E-state index in [1.165, 1.54) is 6.07 Å². The molecule has 0 spiro atoms. The zero-order valence-electron chi connectivity index (χ0n) is 11.2. The van der Waals surface area contributed by atoms with Crippen molar-refractivity contribution in [2.24, 2.45) is 5.92 Å². The Labute approximate surface area is 115 Å². The number of hydrogen-bond acceptors (Lipinski definition) is 3. The predicted molar refractivity (Wildman–Crippen MR) is 69.4 cm³/mol. The first-order valence-electron chi connectivity index (χ1n) is 6.57. The third-order valence-corrected chi connectivity index (χ3v) is 3.84. The largest absolute Gasteiger partial charge is 0.416 e. The van der Waals surface area contributed by atoms with Crippen LogP contribution in [0.25, 0.3) is 0 Å². The van der Waals surface area contributed by atoms with Crippen molar-refractivity contribution in [2.75, 3.05) is 18.0 Å². The van der Waals surface area contributed by atoms with Crippen LogP contribution in [0.3, 0.4) is 0 Å². The van der Waals surface area contributed by atoms with Gasteiger partial charge in [0.1, 0.15) is 0 Å². The zero-order valence-corrected chi connectivity index (χ0v) is 11.2. The lowest BCUT2D eigenvalue weighted by Crippen LogP contribution is -2.24. The van der Waals surface area contributed by atoms with Gasteiger partial charge in [0.2, 0.25) is 0 Å². The van der Waals surface area contributed by atoms with Crippen LogP contribution in [0.4, 0.5) is 18.9 Å². The second kappa shape index (κ2) is 5.61. The molecule has 0 amide bonds. The first-order valence-corrected chi connectivity index (χ1v) is 6.57. The number of aliphatic hydroxyl groups excluding tert-OH is 2. The fourth-order valence-electron chi connectivity index (χ4n) is 2.58. The van der Waals surface area contributed by atoms with Gasteiger partial charge in [0.25, 0.3) is 0 Å². The summed E-state index contributed by atoms with van der Waals surface area (Å²) in [6.07, 6.45) is -4.17. The van der Waals surface area contributed by atoms with Crippen molar-refractivity contribution < 1.29 is 23.4 Å². The number of aliphatic hydroxyl groups is 2. The summed E-state index contributed by atoms with van der Waals surface area (Å²) < 4.78 is 38.8. The summed E-state index contributed by atoms with van der Waals surface area (Å²) in [7, 11) is 0. The molecule has 0 aliphatic carbocycles. The van der Waals surface area contributed by atoms with Crippen molar-refractivity contribution in [3.63, 3.8) is 0 Å². The summed E-state index contributed by atoms with van der Waals surface area (Å²) in [5.41, 5.74) is -0.428. The molecule has 1 aliphatic rings. The molecular formula is C14H18F3NO2. The number of alkyl halides is 3. The van der Waals surface area contributed by atoms with Crippen LogP contribution in [0.1, 0.15) is 24.5 Å². The maximum Gasteiger partial charge on any atom is 0.416 e. The molecule has 2 atom stereocenters. The number of rotatable bonds is 3. The molecule has 1 fully saturated rings. The monoisotopic (exact) mass is 289 g/mol. The van der Waals surface area contributed by atoms with Crippen LogP contribution in [-0.4, -0.2) is 29.4 Å². The van der Waals surface area contributed by atoms with E-state index >= 15 is 0 Å². The summed E-state index contributed by atoms with van der Waals surface area (Å²) in [6, 6.07) is 3.98. The first kappa shape index (κ1) is 15.1. The fourth-order valence-corrected chi connectivity index (χ4v) is 2.58. The molecule has 0 saturated carbocycles. The van der Waals surface area contributed by atoms with E-state index in [2.05, 4.69) is 0 Å². The van der Waals surface area contributed by atoms with E-state index in [0.29, 0.717) is 18.8 Å². The van der Waals surface area contributed by atoms with Crippen LogP contribution in [-0.2, 0) is 12.8 Å². The van der Waals surface area contributed by atoms with Gasteiger partial charge in [-0.2, -0.15) is 13.2 Å². The molecule has 6 heteroatoms. The van der Waals surface area contributed by atoms with Crippen LogP contribution in [0, 0.1) is 5.92 Å². The Hall–Kier alpha value is -1.27. The second-order valence-electron chi connectivity index (χ2n) is 5.23. The molecule has 1 aromatic rings. The molecule has 1 saturated heterocycles. The summed E-state index contributed by atoms with van der Waals surface area (Å²) in [5, 5.41) is 18.5. The molecule has 3 nitrogen and oxygen atoms in total.